The fourth-order valence-corrected chi connectivity index (χ4v) is 1.58. The van der Waals surface area contributed by atoms with Crippen LogP contribution in [0.2, 0.25) is 0 Å². The molecular formula is C7H8BrNOS. The summed E-state index contributed by atoms with van der Waals surface area (Å²) in [5, 5.41) is 0. The van der Waals surface area contributed by atoms with Crippen LogP contribution < -0.4 is 4.72 Å². The van der Waals surface area contributed by atoms with Crippen LogP contribution in [-0.4, -0.2) is 10.5 Å². The second kappa shape index (κ2) is 3.88. The number of benzene rings is 1. The third-order valence-electron chi connectivity index (χ3n) is 1.09. The summed E-state index contributed by atoms with van der Waals surface area (Å²) in [4.78, 5) is 0. The Kier molecular flexibility index (Phi) is 3.08. The molecule has 0 aliphatic heterocycles. The Hall–Kier alpha value is -0.350. The van der Waals surface area contributed by atoms with Crippen molar-refractivity contribution in [2.45, 2.75) is 0 Å². The SMILES string of the molecule is CS(=O)Nc1cccc(Br)c1. The molecule has 11 heavy (non-hydrogen) atoms. The van der Waals surface area contributed by atoms with Crippen LogP contribution in [0, 0.1) is 0 Å². The van der Waals surface area contributed by atoms with Gasteiger partial charge in [0.15, 0.2) is 0 Å². The van der Waals surface area contributed by atoms with Crippen LogP contribution in [0.1, 0.15) is 0 Å². The summed E-state index contributed by atoms with van der Waals surface area (Å²) in [5.74, 6) is 0. The van der Waals surface area contributed by atoms with E-state index in [4.69, 9.17) is 0 Å². The lowest BCUT2D eigenvalue weighted by Gasteiger charge is -2.00. The van der Waals surface area contributed by atoms with Crippen LogP contribution in [-0.2, 0) is 11.0 Å². The van der Waals surface area contributed by atoms with Crippen molar-refractivity contribution < 1.29 is 4.21 Å². The van der Waals surface area contributed by atoms with Gasteiger partial charge < -0.3 is 4.72 Å². The lowest BCUT2D eigenvalue weighted by Crippen LogP contribution is -2.00. The van der Waals surface area contributed by atoms with E-state index in [2.05, 4.69) is 20.7 Å². The standard InChI is InChI=1S/C7H8BrNOS/c1-11(10)9-7-4-2-3-6(8)5-7/h2-5,9H,1H3. The van der Waals surface area contributed by atoms with E-state index in [9.17, 15) is 4.21 Å². The van der Waals surface area contributed by atoms with Crippen LogP contribution in [0.25, 0.3) is 0 Å². The average Bonchev–Trinajstić information content (AvgIpc) is 1.85. The maximum absolute atomic E-state index is 10.7. The summed E-state index contributed by atoms with van der Waals surface area (Å²) in [6.45, 7) is 0. The summed E-state index contributed by atoms with van der Waals surface area (Å²) in [5.41, 5.74) is 0.861. The van der Waals surface area contributed by atoms with E-state index in [0.717, 1.165) is 10.2 Å². The number of hydrogen-bond acceptors (Lipinski definition) is 1. The molecule has 0 saturated carbocycles. The molecule has 1 rings (SSSR count). The van der Waals surface area contributed by atoms with E-state index in [0.29, 0.717) is 0 Å². The van der Waals surface area contributed by atoms with Crippen molar-refractivity contribution >= 4 is 32.6 Å². The normalized spacial score (nSPS) is 12.5. The Labute approximate surface area is 76.7 Å². The monoisotopic (exact) mass is 233 g/mol. The second-order valence-electron chi connectivity index (χ2n) is 2.07. The second-order valence-corrected chi connectivity index (χ2v) is 4.09. The van der Waals surface area contributed by atoms with Crippen LogP contribution in [0.15, 0.2) is 28.7 Å². The van der Waals surface area contributed by atoms with E-state index in [1.165, 1.54) is 0 Å². The lowest BCUT2D eigenvalue weighted by atomic mass is 10.3. The van der Waals surface area contributed by atoms with Gasteiger partial charge in [-0.1, -0.05) is 22.0 Å². The van der Waals surface area contributed by atoms with E-state index in [-0.39, 0.29) is 0 Å². The van der Waals surface area contributed by atoms with Gasteiger partial charge in [-0.3, -0.25) is 0 Å². The fraction of sp³-hybridized carbons (Fsp3) is 0.143. The van der Waals surface area contributed by atoms with Crippen molar-refractivity contribution in [3.63, 3.8) is 0 Å². The highest BCUT2D eigenvalue weighted by Crippen LogP contribution is 2.15. The maximum Gasteiger partial charge on any atom is 0.113 e. The van der Waals surface area contributed by atoms with Gasteiger partial charge in [0.1, 0.15) is 11.0 Å². The molecule has 1 aromatic carbocycles. The predicted octanol–water partition coefficient (Wildman–Crippen LogP) is 2.15. The molecule has 0 bridgehead atoms. The summed E-state index contributed by atoms with van der Waals surface area (Å²) in [6, 6.07) is 7.55. The topological polar surface area (TPSA) is 29.1 Å². The molecule has 0 amide bonds. The Morgan fingerprint density at radius 2 is 2.27 bits per heavy atom. The fourth-order valence-electron chi connectivity index (χ4n) is 0.718. The quantitative estimate of drug-likeness (QED) is 0.834. The van der Waals surface area contributed by atoms with Crippen LogP contribution in [0.5, 0.6) is 0 Å². The zero-order chi connectivity index (χ0) is 8.27. The molecule has 4 heteroatoms. The molecule has 0 spiro atoms. The first-order valence-corrected chi connectivity index (χ1v) is 5.39. The number of anilines is 1. The van der Waals surface area contributed by atoms with Crippen molar-refractivity contribution in [1.29, 1.82) is 0 Å². The first kappa shape index (κ1) is 8.74. The minimum absolute atomic E-state index is 0.861. The van der Waals surface area contributed by atoms with E-state index in [1.54, 1.807) is 6.26 Å². The van der Waals surface area contributed by atoms with Gasteiger partial charge in [0.25, 0.3) is 0 Å². The molecular weight excluding hydrogens is 226 g/mol. The molecule has 2 nitrogen and oxygen atoms in total. The van der Waals surface area contributed by atoms with Crippen LogP contribution >= 0.6 is 15.9 Å². The van der Waals surface area contributed by atoms with Crippen molar-refractivity contribution in [2.24, 2.45) is 0 Å². The van der Waals surface area contributed by atoms with E-state index in [1.807, 2.05) is 24.3 Å². The van der Waals surface area contributed by atoms with Crippen molar-refractivity contribution in [2.75, 3.05) is 11.0 Å². The van der Waals surface area contributed by atoms with Gasteiger partial charge in [0, 0.05) is 16.4 Å². The Balaban J connectivity index is 2.79. The smallest absolute Gasteiger partial charge is 0.113 e. The van der Waals surface area contributed by atoms with Gasteiger partial charge in [0.05, 0.1) is 0 Å². The molecule has 0 aliphatic rings. The molecule has 0 radical (unpaired) electrons. The molecule has 1 N–H and O–H groups in total. The lowest BCUT2D eigenvalue weighted by molar-refractivity contribution is 0.690. The summed E-state index contributed by atoms with van der Waals surface area (Å²) in [7, 11) is -0.996. The van der Waals surface area contributed by atoms with Crippen LogP contribution in [0.3, 0.4) is 0 Å². The Morgan fingerprint density at radius 3 is 2.82 bits per heavy atom. The molecule has 1 aromatic rings. The third-order valence-corrected chi connectivity index (χ3v) is 2.10. The summed E-state index contributed by atoms with van der Waals surface area (Å²) < 4.78 is 14.5. The zero-order valence-electron chi connectivity index (χ0n) is 6.00. The van der Waals surface area contributed by atoms with Gasteiger partial charge in [-0.15, -0.1) is 0 Å². The van der Waals surface area contributed by atoms with Gasteiger partial charge in [-0.2, -0.15) is 0 Å². The van der Waals surface area contributed by atoms with Crippen molar-refractivity contribution in [3.8, 4) is 0 Å². The Morgan fingerprint density at radius 1 is 1.55 bits per heavy atom. The molecule has 0 aromatic heterocycles. The molecule has 0 aliphatic carbocycles. The highest BCUT2D eigenvalue weighted by Gasteiger charge is 1.92. The van der Waals surface area contributed by atoms with Crippen molar-refractivity contribution in [1.82, 2.24) is 0 Å². The number of hydrogen-bond donors (Lipinski definition) is 1. The third kappa shape index (κ3) is 3.03. The maximum atomic E-state index is 10.7. The average molecular weight is 234 g/mol. The molecule has 60 valence electrons. The number of halogens is 1. The minimum atomic E-state index is -0.996. The summed E-state index contributed by atoms with van der Waals surface area (Å²) in [6.07, 6.45) is 1.60. The van der Waals surface area contributed by atoms with Gasteiger partial charge in [-0.25, -0.2) is 4.21 Å². The van der Waals surface area contributed by atoms with Gasteiger partial charge >= 0.3 is 0 Å². The molecule has 0 fully saturated rings. The first-order chi connectivity index (χ1) is 5.18. The number of nitrogens with one attached hydrogen (secondary N) is 1. The first-order valence-electron chi connectivity index (χ1n) is 3.04. The van der Waals surface area contributed by atoms with Gasteiger partial charge in [-0.05, 0) is 18.2 Å². The van der Waals surface area contributed by atoms with E-state index < -0.39 is 11.0 Å². The highest BCUT2D eigenvalue weighted by molar-refractivity contribution is 9.10. The van der Waals surface area contributed by atoms with Crippen LogP contribution in [0.4, 0.5) is 5.69 Å². The molecule has 0 heterocycles. The number of rotatable bonds is 2. The summed E-state index contributed by atoms with van der Waals surface area (Å²) >= 11 is 3.31. The largest absolute Gasteiger partial charge is 0.305 e. The van der Waals surface area contributed by atoms with Crippen molar-refractivity contribution in [3.05, 3.63) is 28.7 Å². The Bertz CT molecular complexity index is 277. The zero-order valence-corrected chi connectivity index (χ0v) is 8.41. The minimum Gasteiger partial charge on any atom is -0.305 e. The molecule has 0 saturated heterocycles. The van der Waals surface area contributed by atoms with E-state index >= 15 is 0 Å². The molecule has 1 unspecified atom stereocenters. The molecule has 1 atom stereocenters. The van der Waals surface area contributed by atoms with Gasteiger partial charge in [0.2, 0.25) is 0 Å². The predicted molar refractivity (Wildman–Crippen MR) is 51.8 cm³/mol. The highest BCUT2D eigenvalue weighted by atomic mass is 79.9.